The molecule has 49 heavy (non-hydrogen) atoms. The Morgan fingerprint density at radius 1 is 0.959 bits per heavy atom. The molecule has 13 heteroatoms. The number of carbonyl (C=O) groups is 3. The Morgan fingerprint density at radius 2 is 1.65 bits per heavy atom. The molecular weight excluding hydrogens is 671 g/mol. The number of anilines is 1. The minimum Gasteiger partial charge on any atom is -0.481 e. The van der Waals surface area contributed by atoms with Crippen LogP contribution in [-0.2, 0) is 37.3 Å². The van der Waals surface area contributed by atoms with Crippen molar-refractivity contribution >= 4 is 57.6 Å². The number of amides is 2. The molecule has 0 spiro atoms. The second-order valence-electron chi connectivity index (χ2n) is 13.5. The van der Waals surface area contributed by atoms with Gasteiger partial charge in [0.15, 0.2) is 0 Å². The largest absolute Gasteiger partial charge is 0.481 e. The van der Waals surface area contributed by atoms with Crippen LogP contribution >= 0.6 is 23.2 Å². The predicted octanol–water partition coefficient (Wildman–Crippen LogP) is 5.26. The number of carboxylic acid groups (broad SMARTS) is 1. The maximum absolute atomic E-state index is 14.0. The Kier molecular flexibility index (Phi) is 11.2. The zero-order valence-electron chi connectivity index (χ0n) is 28.1. The lowest BCUT2D eigenvalue weighted by molar-refractivity contribution is -0.144. The van der Waals surface area contributed by atoms with Crippen molar-refractivity contribution in [3.8, 4) is 0 Å². The van der Waals surface area contributed by atoms with Crippen molar-refractivity contribution in [1.29, 1.82) is 0 Å². The van der Waals surface area contributed by atoms with E-state index >= 15 is 0 Å². The first kappa shape index (κ1) is 35.6. The maximum Gasteiger partial charge on any atom is 0.306 e. The number of halogens is 2. The number of nitrogens with one attached hydrogen (secondary N) is 1. The van der Waals surface area contributed by atoms with Crippen LogP contribution in [0.25, 0.3) is 10.9 Å². The van der Waals surface area contributed by atoms with Crippen LogP contribution in [0, 0.1) is 5.92 Å². The Balaban J connectivity index is 1.14. The van der Waals surface area contributed by atoms with Gasteiger partial charge in [0, 0.05) is 69.1 Å². The summed E-state index contributed by atoms with van der Waals surface area (Å²) in [6, 6.07) is 10.8. The first-order valence-corrected chi connectivity index (χ1v) is 17.6. The van der Waals surface area contributed by atoms with Crippen molar-refractivity contribution in [1.82, 2.24) is 14.4 Å². The molecule has 0 unspecified atom stereocenters. The van der Waals surface area contributed by atoms with Gasteiger partial charge in [-0.05, 0) is 55.9 Å². The van der Waals surface area contributed by atoms with Crippen LogP contribution in [0.15, 0.2) is 42.6 Å². The summed E-state index contributed by atoms with van der Waals surface area (Å²) in [4.78, 5) is 42.9. The predicted molar refractivity (Wildman–Crippen MR) is 187 cm³/mol. The van der Waals surface area contributed by atoms with E-state index < -0.39 is 5.97 Å². The Bertz CT molecular complexity index is 1680. The lowest BCUT2D eigenvalue weighted by Gasteiger charge is -2.30. The third kappa shape index (κ3) is 7.77. The highest BCUT2D eigenvalue weighted by Gasteiger charge is 2.43. The molecule has 11 nitrogen and oxygen atoms in total. The molecule has 2 aliphatic heterocycles. The lowest BCUT2D eigenvalue weighted by Crippen LogP contribution is -2.41. The molecule has 0 radical (unpaired) electrons. The average Bonchev–Trinajstić information content (AvgIpc) is 3.81. The van der Waals surface area contributed by atoms with Crippen LogP contribution in [0.1, 0.15) is 48.0 Å². The normalized spacial score (nSPS) is 26.0. The summed E-state index contributed by atoms with van der Waals surface area (Å²) < 4.78 is 19.6. The molecule has 1 aromatic heterocycles. The number of fused-ring (bicyclic) bond motifs is 1. The van der Waals surface area contributed by atoms with Crippen LogP contribution in [-0.4, -0.2) is 108 Å². The van der Waals surface area contributed by atoms with Gasteiger partial charge < -0.3 is 34.1 Å². The van der Waals surface area contributed by atoms with Crippen molar-refractivity contribution in [3.05, 3.63) is 63.8 Å². The summed E-state index contributed by atoms with van der Waals surface area (Å²) >= 11 is 13.4. The van der Waals surface area contributed by atoms with E-state index in [9.17, 15) is 19.5 Å². The molecule has 2 N–H and O–H groups in total. The molecule has 2 amide bonds. The first-order chi connectivity index (χ1) is 23.6. The minimum absolute atomic E-state index is 0.0287. The third-order valence-corrected chi connectivity index (χ3v) is 11.2. The molecular formula is C36H44Cl2N4O7. The number of ether oxygens (including phenoxy) is 3. The van der Waals surface area contributed by atoms with Gasteiger partial charge in [0.2, 0.25) is 5.91 Å². The van der Waals surface area contributed by atoms with E-state index in [1.807, 2.05) is 40.8 Å². The van der Waals surface area contributed by atoms with Gasteiger partial charge in [0.05, 0.1) is 59.6 Å². The highest BCUT2D eigenvalue weighted by Crippen LogP contribution is 2.34. The van der Waals surface area contributed by atoms with Crippen LogP contribution in [0.4, 0.5) is 5.69 Å². The zero-order chi connectivity index (χ0) is 34.8. The summed E-state index contributed by atoms with van der Waals surface area (Å²) in [5.41, 5.74) is 2.38. The number of nitrogens with zero attached hydrogens (tertiary/aromatic N) is 3. The van der Waals surface area contributed by atoms with Gasteiger partial charge in [0.25, 0.3) is 5.91 Å². The SMILES string of the molecule is CO[C@@H]1CN([C@H]2C[C@@H](COC3CCC(C(=O)O)CC3)N(C(=O)Cc3cc(Cl)c(NC(=O)c4cn(C)c5ccccc45)cc3Cl)C2)C[C@H]1OC. The summed E-state index contributed by atoms with van der Waals surface area (Å²) in [5, 5.41) is 13.7. The van der Waals surface area contributed by atoms with Crippen LogP contribution in [0.5, 0.6) is 0 Å². The number of carbonyl (C=O) groups excluding carboxylic acids is 2. The van der Waals surface area contributed by atoms with E-state index in [2.05, 4.69) is 10.2 Å². The van der Waals surface area contributed by atoms with Gasteiger partial charge in [-0.25, -0.2) is 0 Å². The van der Waals surface area contributed by atoms with Gasteiger partial charge in [-0.15, -0.1) is 0 Å². The molecule has 0 bridgehead atoms. The minimum atomic E-state index is -0.748. The van der Waals surface area contributed by atoms with E-state index in [1.54, 1.807) is 32.5 Å². The van der Waals surface area contributed by atoms with E-state index in [4.69, 9.17) is 37.4 Å². The van der Waals surface area contributed by atoms with E-state index in [0.717, 1.165) is 17.3 Å². The van der Waals surface area contributed by atoms with Gasteiger partial charge >= 0.3 is 5.97 Å². The van der Waals surface area contributed by atoms with Crippen LogP contribution in [0.3, 0.4) is 0 Å². The van der Waals surface area contributed by atoms with E-state index in [1.165, 1.54) is 0 Å². The first-order valence-electron chi connectivity index (χ1n) is 16.8. The fourth-order valence-electron chi connectivity index (χ4n) is 7.66. The number of benzene rings is 2. The van der Waals surface area contributed by atoms with Crippen molar-refractivity contribution in [3.63, 3.8) is 0 Å². The maximum atomic E-state index is 14.0. The van der Waals surface area contributed by atoms with Gasteiger partial charge in [-0.1, -0.05) is 41.4 Å². The molecule has 4 atom stereocenters. The fraction of sp³-hybridized carbons (Fsp3) is 0.528. The van der Waals surface area contributed by atoms with Crippen molar-refractivity contribution in [2.24, 2.45) is 13.0 Å². The van der Waals surface area contributed by atoms with Gasteiger partial charge in [-0.3, -0.25) is 19.3 Å². The second-order valence-corrected chi connectivity index (χ2v) is 14.3. The number of aromatic nitrogens is 1. The molecule has 264 valence electrons. The van der Waals surface area contributed by atoms with Gasteiger partial charge in [-0.2, -0.15) is 0 Å². The molecule has 2 saturated heterocycles. The summed E-state index contributed by atoms with van der Waals surface area (Å²) in [7, 11) is 5.27. The average molecular weight is 716 g/mol. The standard InChI is InChI=1S/C36H44Cl2N4O7/c1-40-17-27(26-6-4-5-7-31(26)40)35(44)39-30-15-28(37)22(12-29(30)38)13-34(43)42-16-23(41-18-32(47-2)33(19-41)48-3)14-24(42)20-49-25-10-8-21(9-11-25)36(45)46/h4-7,12,15,17,21,23-25,32-33H,8-11,13-14,16,18-20H2,1-3H3,(H,39,44)(H,45,46)/t21?,23-,24-,25?,32+,33+/m0/s1. The number of likely N-dealkylation sites (tertiary alicyclic amines) is 2. The number of carboxylic acids is 1. The number of hydrogen-bond acceptors (Lipinski definition) is 7. The third-order valence-electron chi connectivity index (χ3n) is 10.5. The topological polar surface area (TPSA) is 123 Å². The Labute approximate surface area is 296 Å². The Hall–Kier alpha value is -3.19. The van der Waals surface area contributed by atoms with Crippen molar-refractivity contribution in [2.75, 3.05) is 45.8 Å². The molecule has 3 aliphatic rings. The molecule has 1 aliphatic carbocycles. The molecule has 3 aromatic rings. The van der Waals surface area contributed by atoms with Crippen molar-refractivity contribution < 1.29 is 33.7 Å². The Morgan fingerprint density at radius 3 is 2.33 bits per heavy atom. The van der Waals surface area contributed by atoms with Crippen LogP contribution < -0.4 is 5.32 Å². The number of rotatable bonds is 11. The lowest BCUT2D eigenvalue weighted by atomic mass is 9.87. The number of methoxy groups -OCH3 is 2. The molecule has 3 fully saturated rings. The van der Waals surface area contributed by atoms with Gasteiger partial charge in [0.1, 0.15) is 0 Å². The van der Waals surface area contributed by atoms with E-state index in [0.29, 0.717) is 73.8 Å². The zero-order valence-corrected chi connectivity index (χ0v) is 29.6. The molecule has 3 heterocycles. The molecule has 2 aromatic carbocycles. The fourth-order valence-corrected chi connectivity index (χ4v) is 8.13. The number of aryl methyl sites for hydroxylation is 1. The monoisotopic (exact) mass is 714 g/mol. The smallest absolute Gasteiger partial charge is 0.306 e. The molecule has 6 rings (SSSR count). The molecule has 1 saturated carbocycles. The summed E-state index contributed by atoms with van der Waals surface area (Å²) in [6.45, 7) is 2.31. The van der Waals surface area contributed by atoms with Crippen LogP contribution in [0.2, 0.25) is 10.0 Å². The summed E-state index contributed by atoms with van der Waals surface area (Å²) in [5.74, 6) is -1.47. The number of aliphatic carboxylic acids is 1. The number of para-hydroxylation sites is 1. The quantitative estimate of drug-likeness (QED) is 0.276. The second kappa shape index (κ2) is 15.4. The highest BCUT2D eigenvalue weighted by molar-refractivity contribution is 6.36. The highest BCUT2D eigenvalue weighted by atomic mass is 35.5. The van der Waals surface area contributed by atoms with E-state index in [-0.39, 0.29) is 59.6 Å². The summed E-state index contributed by atoms with van der Waals surface area (Å²) in [6.07, 6.45) is 4.99. The number of hydrogen-bond donors (Lipinski definition) is 2. The van der Waals surface area contributed by atoms with Crippen molar-refractivity contribution in [2.45, 2.75) is 68.9 Å².